The van der Waals surface area contributed by atoms with Crippen LogP contribution in [0.2, 0.25) is 0 Å². The van der Waals surface area contributed by atoms with Crippen molar-refractivity contribution < 1.29 is 13.2 Å². The van der Waals surface area contributed by atoms with E-state index in [0.29, 0.717) is 17.2 Å². The predicted octanol–water partition coefficient (Wildman–Crippen LogP) is 2.08. The molecule has 2 rings (SSSR count). The SMILES string of the molecule is CSC[C@@H]1CCCN(C(=O)Nc2cccc(CS(N)(=O)=O)c2)C1. The summed E-state index contributed by atoms with van der Waals surface area (Å²) < 4.78 is 22.3. The Labute approximate surface area is 141 Å². The molecule has 0 radical (unpaired) electrons. The lowest BCUT2D eigenvalue weighted by atomic mass is 10.0. The fraction of sp³-hybridized carbons (Fsp3) is 0.533. The lowest BCUT2D eigenvalue weighted by molar-refractivity contribution is 0.183. The van der Waals surface area contributed by atoms with Crippen LogP contribution in [0.3, 0.4) is 0 Å². The normalized spacial score (nSPS) is 18.7. The highest BCUT2D eigenvalue weighted by Gasteiger charge is 2.23. The minimum Gasteiger partial charge on any atom is -0.324 e. The fourth-order valence-electron chi connectivity index (χ4n) is 2.79. The van der Waals surface area contributed by atoms with Crippen molar-refractivity contribution >= 4 is 33.5 Å². The van der Waals surface area contributed by atoms with E-state index in [-0.39, 0.29) is 11.8 Å². The molecule has 1 aliphatic heterocycles. The van der Waals surface area contributed by atoms with E-state index in [9.17, 15) is 13.2 Å². The Morgan fingerprint density at radius 2 is 2.26 bits per heavy atom. The van der Waals surface area contributed by atoms with E-state index in [2.05, 4.69) is 11.6 Å². The molecule has 1 aromatic rings. The number of carbonyl (C=O) groups excluding carboxylic acids is 1. The summed E-state index contributed by atoms with van der Waals surface area (Å²) in [6.07, 6.45) is 4.26. The number of nitrogens with zero attached hydrogens (tertiary/aromatic N) is 1. The van der Waals surface area contributed by atoms with Crippen molar-refractivity contribution in [3.05, 3.63) is 29.8 Å². The number of nitrogens with two attached hydrogens (primary N) is 1. The van der Waals surface area contributed by atoms with Gasteiger partial charge < -0.3 is 10.2 Å². The Balaban J connectivity index is 1.98. The van der Waals surface area contributed by atoms with E-state index >= 15 is 0 Å². The molecule has 1 heterocycles. The van der Waals surface area contributed by atoms with Gasteiger partial charge in [-0.2, -0.15) is 11.8 Å². The van der Waals surface area contributed by atoms with Gasteiger partial charge in [0.2, 0.25) is 10.0 Å². The predicted molar refractivity (Wildman–Crippen MR) is 95.0 cm³/mol. The van der Waals surface area contributed by atoms with E-state index in [4.69, 9.17) is 5.14 Å². The second-order valence-electron chi connectivity index (χ2n) is 5.85. The first-order valence-corrected chi connectivity index (χ1v) is 10.6. The number of thioether (sulfide) groups is 1. The van der Waals surface area contributed by atoms with Crippen LogP contribution >= 0.6 is 11.8 Å². The number of amides is 2. The molecule has 23 heavy (non-hydrogen) atoms. The van der Waals surface area contributed by atoms with Crippen molar-refractivity contribution in [3.63, 3.8) is 0 Å². The highest BCUT2D eigenvalue weighted by Crippen LogP contribution is 2.21. The minimum absolute atomic E-state index is 0.136. The lowest BCUT2D eigenvalue weighted by Crippen LogP contribution is -2.42. The second-order valence-corrected chi connectivity index (χ2v) is 8.37. The average Bonchev–Trinajstić information content (AvgIpc) is 2.46. The first-order valence-electron chi connectivity index (χ1n) is 7.51. The molecule has 3 N–H and O–H groups in total. The Hall–Kier alpha value is -1.25. The minimum atomic E-state index is -3.58. The largest absolute Gasteiger partial charge is 0.324 e. The molecule has 1 fully saturated rings. The lowest BCUT2D eigenvalue weighted by Gasteiger charge is -2.32. The van der Waals surface area contributed by atoms with E-state index < -0.39 is 10.0 Å². The Morgan fingerprint density at radius 1 is 1.48 bits per heavy atom. The van der Waals surface area contributed by atoms with Gasteiger partial charge >= 0.3 is 6.03 Å². The molecular formula is C15H23N3O3S2. The van der Waals surface area contributed by atoms with E-state index in [1.165, 1.54) is 0 Å². The zero-order valence-electron chi connectivity index (χ0n) is 13.2. The van der Waals surface area contributed by atoms with Crippen LogP contribution in [0.25, 0.3) is 0 Å². The van der Waals surface area contributed by atoms with Crippen LogP contribution in [-0.4, -0.2) is 44.4 Å². The topological polar surface area (TPSA) is 92.5 Å². The number of hydrogen-bond donors (Lipinski definition) is 2. The Kier molecular flexibility index (Phi) is 6.32. The van der Waals surface area contributed by atoms with Crippen LogP contribution < -0.4 is 10.5 Å². The zero-order chi connectivity index (χ0) is 16.9. The molecule has 0 spiro atoms. The molecule has 1 aliphatic rings. The first kappa shape index (κ1) is 18.1. The number of carbonyl (C=O) groups is 1. The summed E-state index contributed by atoms with van der Waals surface area (Å²) in [5, 5.41) is 7.90. The van der Waals surface area contributed by atoms with Crippen molar-refractivity contribution in [2.45, 2.75) is 18.6 Å². The number of primary sulfonamides is 1. The number of likely N-dealkylation sites (tertiary alicyclic amines) is 1. The van der Waals surface area contributed by atoms with Gasteiger partial charge in [0.25, 0.3) is 0 Å². The molecule has 1 saturated heterocycles. The van der Waals surface area contributed by atoms with Gasteiger partial charge in [-0.05, 0) is 48.5 Å². The third kappa shape index (κ3) is 6.04. The molecule has 0 aromatic heterocycles. The summed E-state index contributed by atoms with van der Waals surface area (Å²) in [7, 11) is -3.58. The zero-order valence-corrected chi connectivity index (χ0v) is 14.8. The summed E-state index contributed by atoms with van der Waals surface area (Å²) in [6.45, 7) is 1.52. The van der Waals surface area contributed by atoms with Gasteiger partial charge in [-0.15, -0.1) is 0 Å². The van der Waals surface area contributed by atoms with Gasteiger partial charge in [0.05, 0.1) is 5.75 Å². The highest BCUT2D eigenvalue weighted by molar-refractivity contribution is 7.98. The van der Waals surface area contributed by atoms with Crippen molar-refractivity contribution in [1.82, 2.24) is 4.90 Å². The molecule has 0 unspecified atom stereocenters. The number of nitrogens with one attached hydrogen (secondary N) is 1. The summed E-state index contributed by atoms with van der Waals surface area (Å²) in [4.78, 5) is 14.2. The van der Waals surface area contributed by atoms with E-state index in [0.717, 1.165) is 31.7 Å². The smallest absolute Gasteiger partial charge is 0.321 e. The van der Waals surface area contributed by atoms with Gasteiger partial charge in [-0.25, -0.2) is 18.4 Å². The van der Waals surface area contributed by atoms with Crippen LogP contribution in [0.1, 0.15) is 18.4 Å². The maximum atomic E-state index is 12.4. The number of benzene rings is 1. The van der Waals surface area contributed by atoms with Crippen molar-refractivity contribution in [3.8, 4) is 0 Å². The molecule has 2 amide bonds. The molecule has 0 aliphatic carbocycles. The highest BCUT2D eigenvalue weighted by atomic mass is 32.2. The average molecular weight is 358 g/mol. The Morgan fingerprint density at radius 3 is 2.96 bits per heavy atom. The van der Waals surface area contributed by atoms with Gasteiger partial charge in [-0.1, -0.05) is 12.1 Å². The number of urea groups is 1. The summed E-state index contributed by atoms with van der Waals surface area (Å²) in [5.41, 5.74) is 1.15. The summed E-state index contributed by atoms with van der Waals surface area (Å²) >= 11 is 1.81. The molecule has 6 nitrogen and oxygen atoms in total. The number of anilines is 1. The summed E-state index contributed by atoms with van der Waals surface area (Å²) in [5.74, 6) is 1.36. The summed E-state index contributed by atoms with van der Waals surface area (Å²) in [6, 6.07) is 6.64. The second kappa shape index (κ2) is 8.03. The third-order valence-electron chi connectivity index (χ3n) is 3.75. The molecule has 1 aromatic carbocycles. The van der Waals surface area contributed by atoms with Crippen LogP contribution in [0.4, 0.5) is 10.5 Å². The van der Waals surface area contributed by atoms with Gasteiger partial charge in [0.1, 0.15) is 0 Å². The van der Waals surface area contributed by atoms with Gasteiger partial charge in [0.15, 0.2) is 0 Å². The maximum absolute atomic E-state index is 12.4. The molecular weight excluding hydrogens is 334 g/mol. The van der Waals surface area contributed by atoms with Crippen LogP contribution in [0, 0.1) is 5.92 Å². The molecule has 1 atom stereocenters. The van der Waals surface area contributed by atoms with Crippen LogP contribution in [0.15, 0.2) is 24.3 Å². The molecule has 0 saturated carbocycles. The standard InChI is InChI=1S/C15H23N3O3S2/c1-22-10-13-5-3-7-18(9-13)15(19)17-14-6-2-4-12(8-14)11-23(16,20)21/h2,4,6,8,13H,3,5,7,9-11H2,1H3,(H,17,19)(H2,16,20,21)/t13-/m1/s1. The van der Waals surface area contributed by atoms with Crippen molar-refractivity contribution in [2.75, 3.05) is 30.4 Å². The third-order valence-corrected chi connectivity index (χ3v) is 5.30. The monoisotopic (exact) mass is 357 g/mol. The molecule has 8 heteroatoms. The fourth-order valence-corrected chi connectivity index (χ4v) is 4.18. The molecule has 0 bridgehead atoms. The first-order chi connectivity index (χ1) is 10.9. The molecule has 128 valence electrons. The maximum Gasteiger partial charge on any atom is 0.321 e. The number of piperidine rings is 1. The van der Waals surface area contributed by atoms with Crippen LogP contribution in [0.5, 0.6) is 0 Å². The van der Waals surface area contributed by atoms with E-state index in [1.54, 1.807) is 36.0 Å². The van der Waals surface area contributed by atoms with Gasteiger partial charge in [0, 0.05) is 18.8 Å². The van der Waals surface area contributed by atoms with E-state index in [1.807, 2.05) is 4.90 Å². The Bertz CT molecular complexity index is 647. The number of hydrogen-bond acceptors (Lipinski definition) is 4. The van der Waals surface area contributed by atoms with Crippen molar-refractivity contribution in [2.24, 2.45) is 11.1 Å². The van der Waals surface area contributed by atoms with Gasteiger partial charge in [-0.3, -0.25) is 0 Å². The van der Waals surface area contributed by atoms with Crippen molar-refractivity contribution in [1.29, 1.82) is 0 Å². The van der Waals surface area contributed by atoms with Crippen LogP contribution in [-0.2, 0) is 15.8 Å². The number of sulfonamides is 1. The quantitative estimate of drug-likeness (QED) is 0.844. The number of rotatable bonds is 5.